The molecule has 0 radical (unpaired) electrons. The summed E-state index contributed by atoms with van der Waals surface area (Å²) in [6, 6.07) is 0. The smallest absolute Gasteiger partial charge is 0.0393 e. The van der Waals surface area contributed by atoms with Crippen LogP contribution in [0.4, 0.5) is 0 Å². The Morgan fingerprint density at radius 3 is 2.67 bits per heavy atom. The van der Waals surface area contributed by atoms with Gasteiger partial charge in [0.05, 0.1) is 0 Å². The minimum atomic E-state index is 0.951. The summed E-state index contributed by atoms with van der Waals surface area (Å²) < 4.78 is 0. The van der Waals surface area contributed by atoms with Crippen molar-refractivity contribution in [2.75, 3.05) is 0 Å². The van der Waals surface area contributed by atoms with Crippen LogP contribution in [0.15, 0.2) is 10.3 Å². The largest absolute Gasteiger partial charge is 0.185 e. The lowest BCUT2D eigenvalue weighted by molar-refractivity contribution is 0.826. The molecule has 0 bridgehead atoms. The van der Waals surface area contributed by atoms with Crippen LogP contribution in [0.1, 0.15) is 33.1 Å². The topological polar surface area (TPSA) is 48.6 Å². The third kappa shape index (κ3) is 5.14. The summed E-state index contributed by atoms with van der Waals surface area (Å²) in [6.45, 7) is 4.03. The molecule has 0 unspecified atom stereocenters. The first-order chi connectivity index (χ1) is 4.31. The predicted octanol–water partition coefficient (Wildman–Crippen LogP) is 2.58. The summed E-state index contributed by atoms with van der Waals surface area (Å²) in [4.78, 5) is 0. The summed E-state index contributed by atoms with van der Waals surface area (Å²) >= 11 is 0. The minimum absolute atomic E-state index is 0.951. The Bertz CT molecular complexity index is 107. The molecule has 0 aromatic carbocycles. The molecule has 52 valence electrons. The summed E-state index contributed by atoms with van der Waals surface area (Å²) in [6.07, 6.45) is 3.29. The first-order valence-corrected chi connectivity index (χ1v) is 3.21. The molecule has 0 aromatic heterocycles. The van der Waals surface area contributed by atoms with Gasteiger partial charge in [-0.25, -0.2) is 0 Å². The van der Waals surface area contributed by atoms with E-state index in [0.717, 1.165) is 18.6 Å². The molecule has 0 aliphatic heterocycles. The lowest BCUT2D eigenvalue weighted by atomic mass is 10.2. The Labute approximate surface area is 55.7 Å². The van der Waals surface area contributed by atoms with E-state index < -0.39 is 0 Å². The van der Waals surface area contributed by atoms with Gasteiger partial charge in [-0.05, 0) is 19.8 Å². The van der Waals surface area contributed by atoms with Gasteiger partial charge in [0.15, 0.2) is 0 Å². The van der Waals surface area contributed by atoms with Crippen LogP contribution in [-0.4, -0.2) is 5.71 Å². The molecule has 0 rings (SSSR count). The van der Waals surface area contributed by atoms with E-state index in [9.17, 15) is 0 Å². The molecule has 0 spiro atoms. The fourth-order valence-electron chi connectivity index (χ4n) is 0.568. The zero-order chi connectivity index (χ0) is 7.11. The average Bonchev–Trinajstić information content (AvgIpc) is 1.85. The molecule has 0 aliphatic carbocycles. The van der Waals surface area contributed by atoms with E-state index >= 15 is 0 Å². The SMILES string of the molecule is CCCCC(C)=NN=N. The van der Waals surface area contributed by atoms with Crippen molar-refractivity contribution < 1.29 is 0 Å². The van der Waals surface area contributed by atoms with Crippen molar-refractivity contribution in [3.63, 3.8) is 0 Å². The number of hydrogen-bond donors (Lipinski definition) is 1. The molecule has 1 N–H and O–H groups in total. The van der Waals surface area contributed by atoms with Gasteiger partial charge < -0.3 is 0 Å². The van der Waals surface area contributed by atoms with Gasteiger partial charge in [0.1, 0.15) is 0 Å². The van der Waals surface area contributed by atoms with Gasteiger partial charge in [-0.15, -0.1) is 5.10 Å². The van der Waals surface area contributed by atoms with Crippen molar-refractivity contribution in [3.05, 3.63) is 0 Å². The molecule has 0 saturated carbocycles. The highest BCUT2D eigenvalue weighted by Gasteiger charge is 1.87. The summed E-state index contributed by atoms with van der Waals surface area (Å²) in [5.41, 5.74) is 7.36. The standard InChI is InChI=1S/C6H13N3/c1-3-4-5-6(2)8-9-7/h7H,3-5H2,1-2H3. The zero-order valence-corrected chi connectivity index (χ0v) is 6.02. The van der Waals surface area contributed by atoms with Gasteiger partial charge in [-0.3, -0.25) is 0 Å². The minimum Gasteiger partial charge on any atom is -0.185 e. The second kappa shape index (κ2) is 5.41. The van der Waals surface area contributed by atoms with Crippen molar-refractivity contribution in [3.8, 4) is 0 Å². The van der Waals surface area contributed by atoms with Gasteiger partial charge in [0.25, 0.3) is 0 Å². The van der Waals surface area contributed by atoms with Gasteiger partial charge in [-0.2, -0.15) is 5.53 Å². The molecule has 0 fully saturated rings. The molecule has 0 aromatic rings. The van der Waals surface area contributed by atoms with Crippen LogP contribution in [-0.2, 0) is 0 Å². The predicted molar refractivity (Wildman–Crippen MR) is 37.8 cm³/mol. The van der Waals surface area contributed by atoms with Crippen LogP contribution in [0.3, 0.4) is 0 Å². The third-order valence-corrected chi connectivity index (χ3v) is 1.11. The van der Waals surface area contributed by atoms with E-state index in [0.29, 0.717) is 0 Å². The Morgan fingerprint density at radius 2 is 2.22 bits per heavy atom. The van der Waals surface area contributed by atoms with Crippen LogP contribution < -0.4 is 0 Å². The maximum Gasteiger partial charge on any atom is 0.0393 e. The lowest BCUT2D eigenvalue weighted by Gasteiger charge is -1.92. The van der Waals surface area contributed by atoms with E-state index in [1.165, 1.54) is 6.42 Å². The van der Waals surface area contributed by atoms with Gasteiger partial charge >= 0.3 is 0 Å². The first kappa shape index (κ1) is 8.27. The van der Waals surface area contributed by atoms with Crippen LogP contribution in [0, 0.1) is 5.53 Å². The number of unbranched alkanes of at least 4 members (excludes halogenated alkanes) is 1. The summed E-state index contributed by atoms with van der Waals surface area (Å²) in [5, 5.41) is 6.50. The molecule has 0 atom stereocenters. The fraction of sp³-hybridized carbons (Fsp3) is 0.833. The van der Waals surface area contributed by atoms with E-state index in [4.69, 9.17) is 5.53 Å². The fourth-order valence-corrected chi connectivity index (χ4v) is 0.568. The van der Waals surface area contributed by atoms with Crippen LogP contribution >= 0.6 is 0 Å². The number of hydrogen-bond acceptors (Lipinski definition) is 2. The molecule has 0 amide bonds. The molecular weight excluding hydrogens is 114 g/mol. The number of rotatable bonds is 4. The Kier molecular flexibility index (Phi) is 4.97. The second-order valence-electron chi connectivity index (χ2n) is 2.04. The second-order valence-corrected chi connectivity index (χ2v) is 2.04. The maximum absolute atomic E-state index is 6.41. The maximum atomic E-state index is 6.41. The van der Waals surface area contributed by atoms with Crippen molar-refractivity contribution in [1.29, 1.82) is 5.53 Å². The summed E-state index contributed by atoms with van der Waals surface area (Å²) in [5.74, 6) is 0. The van der Waals surface area contributed by atoms with Crippen LogP contribution in [0.25, 0.3) is 0 Å². The number of nitrogens with one attached hydrogen (secondary N) is 1. The first-order valence-electron chi connectivity index (χ1n) is 3.21. The third-order valence-electron chi connectivity index (χ3n) is 1.11. The van der Waals surface area contributed by atoms with Gasteiger partial charge in [0, 0.05) is 5.71 Å². The molecule has 3 heteroatoms. The van der Waals surface area contributed by atoms with Gasteiger partial charge in [0.2, 0.25) is 0 Å². The van der Waals surface area contributed by atoms with Crippen LogP contribution in [0.5, 0.6) is 0 Å². The number of nitrogens with zero attached hydrogens (tertiary/aromatic N) is 2. The van der Waals surface area contributed by atoms with E-state index in [-0.39, 0.29) is 0 Å². The van der Waals surface area contributed by atoms with Crippen molar-refractivity contribution >= 4 is 5.71 Å². The molecular formula is C6H13N3. The Balaban J connectivity index is 3.36. The zero-order valence-electron chi connectivity index (χ0n) is 6.02. The quantitative estimate of drug-likeness (QED) is 0.343. The molecule has 9 heavy (non-hydrogen) atoms. The highest BCUT2D eigenvalue weighted by Crippen LogP contribution is 1.96. The van der Waals surface area contributed by atoms with E-state index in [1.54, 1.807) is 0 Å². The molecule has 3 nitrogen and oxygen atoms in total. The normalized spacial score (nSPS) is 11.6. The van der Waals surface area contributed by atoms with Crippen LogP contribution in [0.2, 0.25) is 0 Å². The highest BCUT2D eigenvalue weighted by molar-refractivity contribution is 5.81. The molecule has 0 saturated heterocycles. The van der Waals surface area contributed by atoms with Crippen molar-refractivity contribution in [2.24, 2.45) is 10.3 Å². The van der Waals surface area contributed by atoms with E-state index in [2.05, 4.69) is 17.2 Å². The van der Waals surface area contributed by atoms with Gasteiger partial charge in [-0.1, -0.05) is 18.6 Å². The average molecular weight is 127 g/mol. The molecule has 0 heterocycles. The van der Waals surface area contributed by atoms with E-state index in [1.807, 2.05) is 6.92 Å². The summed E-state index contributed by atoms with van der Waals surface area (Å²) in [7, 11) is 0. The van der Waals surface area contributed by atoms with Crippen molar-refractivity contribution in [2.45, 2.75) is 33.1 Å². The monoisotopic (exact) mass is 127 g/mol. The highest BCUT2D eigenvalue weighted by atomic mass is 15.3. The molecule has 0 aliphatic rings. The Hall–Kier alpha value is -0.730. The van der Waals surface area contributed by atoms with Crippen molar-refractivity contribution in [1.82, 2.24) is 0 Å². The Morgan fingerprint density at radius 1 is 1.56 bits per heavy atom. The lowest BCUT2D eigenvalue weighted by Crippen LogP contribution is -1.88.